The van der Waals surface area contributed by atoms with Crippen LogP contribution in [0.3, 0.4) is 0 Å². The number of carbonyl (C=O) groups is 1. The predicted octanol–water partition coefficient (Wildman–Crippen LogP) is 1.76. The number of hydrogen-bond donors (Lipinski definition) is 1. The monoisotopic (exact) mass is 346 g/mol. The van der Waals surface area contributed by atoms with Crippen molar-refractivity contribution in [2.45, 2.75) is 6.10 Å². The van der Waals surface area contributed by atoms with Gasteiger partial charge in [0.15, 0.2) is 0 Å². The summed E-state index contributed by atoms with van der Waals surface area (Å²) in [6, 6.07) is 4.72. The van der Waals surface area contributed by atoms with Crippen LogP contribution in [0, 0.1) is 0 Å². The Morgan fingerprint density at radius 3 is 2.50 bits per heavy atom. The summed E-state index contributed by atoms with van der Waals surface area (Å²) in [6.07, 6.45) is -0.610. The molecule has 0 spiro atoms. The highest BCUT2D eigenvalue weighted by Crippen LogP contribution is 2.20. The molecular formula is C15H20Cl2N2O3. The van der Waals surface area contributed by atoms with Crippen molar-refractivity contribution in [3.63, 3.8) is 0 Å². The fourth-order valence-electron chi connectivity index (χ4n) is 2.44. The smallest absolute Gasteiger partial charge is 0.253 e. The van der Waals surface area contributed by atoms with Gasteiger partial charge in [-0.05, 0) is 18.2 Å². The average Bonchev–Trinajstić information content (AvgIpc) is 2.46. The molecule has 2 rings (SSSR count). The number of carbonyl (C=O) groups excluding carboxylic acids is 1. The molecular weight excluding hydrogens is 327 g/mol. The third-order valence-corrected chi connectivity index (χ3v) is 3.95. The van der Waals surface area contributed by atoms with Crippen molar-refractivity contribution in [1.82, 2.24) is 9.80 Å². The van der Waals surface area contributed by atoms with Crippen molar-refractivity contribution in [2.75, 3.05) is 46.4 Å². The molecule has 1 aliphatic heterocycles. The molecule has 0 saturated carbocycles. The van der Waals surface area contributed by atoms with Gasteiger partial charge in [0, 0.05) is 48.8 Å². The molecule has 1 fully saturated rings. The van der Waals surface area contributed by atoms with E-state index in [0.29, 0.717) is 35.4 Å². The molecule has 1 heterocycles. The second kappa shape index (κ2) is 8.13. The third-order valence-electron chi connectivity index (χ3n) is 3.51. The Labute approximate surface area is 140 Å². The zero-order valence-electron chi connectivity index (χ0n) is 12.5. The van der Waals surface area contributed by atoms with Crippen LogP contribution in [-0.4, -0.2) is 73.4 Å². The number of hydrogen-bond acceptors (Lipinski definition) is 4. The van der Waals surface area contributed by atoms with Crippen LogP contribution in [-0.2, 0) is 4.74 Å². The second-order valence-electron chi connectivity index (χ2n) is 5.41. The van der Waals surface area contributed by atoms with Crippen molar-refractivity contribution in [1.29, 1.82) is 0 Å². The number of aliphatic hydroxyl groups is 1. The Kier molecular flexibility index (Phi) is 6.47. The quantitative estimate of drug-likeness (QED) is 0.882. The van der Waals surface area contributed by atoms with E-state index >= 15 is 0 Å². The number of likely N-dealkylation sites (N-methyl/N-ethyl adjacent to an activating group) is 1. The van der Waals surface area contributed by atoms with Crippen LogP contribution in [0.25, 0.3) is 0 Å². The maximum absolute atomic E-state index is 12.3. The molecule has 0 aliphatic carbocycles. The van der Waals surface area contributed by atoms with Crippen LogP contribution in [0.4, 0.5) is 0 Å². The Hall–Kier alpha value is -0.850. The van der Waals surface area contributed by atoms with E-state index in [4.69, 9.17) is 27.9 Å². The van der Waals surface area contributed by atoms with Crippen LogP contribution >= 0.6 is 23.2 Å². The van der Waals surface area contributed by atoms with Gasteiger partial charge < -0.3 is 14.7 Å². The topological polar surface area (TPSA) is 53.0 Å². The third kappa shape index (κ3) is 5.11. The summed E-state index contributed by atoms with van der Waals surface area (Å²) in [7, 11) is 1.65. The van der Waals surface area contributed by atoms with Crippen LogP contribution in [0.1, 0.15) is 10.4 Å². The highest BCUT2D eigenvalue weighted by Gasteiger charge is 2.19. The molecule has 1 atom stereocenters. The molecule has 1 saturated heterocycles. The first kappa shape index (κ1) is 17.5. The summed E-state index contributed by atoms with van der Waals surface area (Å²) in [5.41, 5.74) is 0.415. The summed E-state index contributed by atoms with van der Waals surface area (Å²) in [5.74, 6) is -0.217. The highest BCUT2D eigenvalue weighted by atomic mass is 35.5. The minimum Gasteiger partial charge on any atom is -0.390 e. The normalized spacial score (nSPS) is 17.3. The largest absolute Gasteiger partial charge is 0.390 e. The summed E-state index contributed by atoms with van der Waals surface area (Å²) < 4.78 is 5.27. The maximum Gasteiger partial charge on any atom is 0.253 e. The molecule has 1 aromatic rings. The van der Waals surface area contributed by atoms with Gasteiger partial charge in [0.1, 0.15) is 0 Å². The van der Waals surface area contributed by atoms with Gasteiger partial charge in [-0.2, -0.15) is 0 Å². The van der Waals surface area contributed by atoms with Gasteiger partial charge in [-0.15, -0.1) is 0 Å². The van der Waals surface area contributed by atoms with Gasteiger partial charge in [0.25, 0.3) is 5.91 Å². The zero-order chi connectivity index (χ0) is 16.1. The SMILES string of the molecule is CN(CC(O)CN1CCOCC1)C(=O)c1cc(Cl)cc(Cl)c1. The minimum absolute atomic E-state index is 0.217. The van der Waals surface area contributed by atoms with Gasteiger partial charge >= 0.3 is 0 Å². The van der Waals surface area contributed by atoms with Crippen LogP contribution in [0.5, 0.6) is 0 Å². The molecule has 22 heavy (non-hydrogen) atoms. The lowest BCUT2D eigenvalue weighted by Gasteiger charge is -2.30. The molecule has 0 aromatic heterocycles. The molecule has 122 valence electrons. The van der Waals surface area contributed by atoms with E-state index in [1.165, 1.54) is 4.90 Å². The number of morpholine rings is 1. The van der Waals surface area contributed by atoms with E-state index in [2.05, 4.69) is 4.90 Å². The fourth-order valence-corrected chi connectivity index (χ4v) is 2.96. The maximum atomic E-state index is 12.3. The Bertz CT molecular complexity index is 501. The lowest BCUT2D eigenvalue weighted by molar-refractivity contribution is 0.00879. The number of rotatable bonds is 5. The van der Waals surface area contributed by atoms with Crippen molar-refractivity contribution >= 4 is 29.1 Å². The first-order valence-corrected chi connectivity index (χ1v) is 7.91. The second-order valence-corrected chi connectivity index (χ2v) is 6.28. The van der Waals surface area contributed by atoms with E-state index in [9.17, 15) is 9.90 Å². The molecule has 1 amide bonds. The molecule has 5 nitrogen and oxygen atoms in total. The molecule has 1 aromatic carbocycles. The summed E-state index contributed by atoms with van der Waals surface area (Å²) in [5, 5.41) is 11.0. The first-order chi connectivity index (χ1) is 10.5. The minimum atomic E-state index is -0.610. The number of aliphatic hydroxyl groups excluding tert-OH is 1. The molecule has 0 bridgehead atoms. The van der Waals surface area contributed by atoms with Gasteiger partial charge in [-0.3, -0.25) is 9.69 Å². The Morgan fingerprint density at radius 1 is 1.32 bits per heavy atom. The van der Waals surface area contributed by atoms with Gasteiger partial charge in [-0.25, -0.2) is 0 Å². The van der Waals surface area contributed by atoms with E-state index in [-0.39, 0.29) is 12.5 Å². The van der Waals surface area contributed by atoms with Crippen LogP contribution in [0.2, 0.25) is 10.0 Å². The van der Waals surface area contributed by atoms with Crippen molar-refractivity contribution in [3.05, 3.63) is 33.8 Å². The molecule has 7 heteroatoms. The number of benzene rings is 1. The number of ether oxygens (including phenoxy) is 1. The van der Waals surface area contributed by atoms with Crippen molar-refractivity contribution in [2.24, 2.45) is 0 Å². The fraction of sp³-hybridized carbons (Fsp3) is 0.533. The van der Waals surface area contributed by atoms with E-state index in [1.54, 1.807) is 25.2 Å². The molecule has 1 aliphatic rings. The number of halogens is 2. The Balaban J connectivity index is 1.89. The Morgan fingerprint density at radius 2 is 1.91 bits per heavy atom. The molecule has 1 unspecified atom stereocenters. The predicted molar refractivity (Wildman–Crippen MR) is 86.7 cm³/mol. The number of β-amino-alcohol motifs (C(OH)–C–C–N with tert-alkyl or cyclic N) is 1. The highest BCUT2D eigenvalue weighted by molar-refractivity contribution is 6.35. The van der Waals surface area contributed by atoms with Crippen molar-refractivity contribution in [3.8, 4) is 0 Å². The summed E-state index contributed by atoms with van der Waals surface area (Å²) >= 11 is 11.8. The summed E-state index contributed by atoms with van der Waals surface area (Å²) in [4.78, 5) is 15.9. The molecule has 0 radical (unpaired) electrons. The summed E-state index contributed by atoms with van der Waals surface area (Å²) in [6.45, 7) is 3.75. The van der Waals surface area contributed by atoms with Crippen LogP contribution in [0.15, 0.2) is 18.2 Å². The van der Waals surface area contributed by atoms with Gasteiger partial charge in [0.05, 0.1) is 19.3 Å². The van der Waals surface area contributed by atoms with Gasteiger partial charge in [0.2, 0.25) is 0 Å². The van der Waals surface area contributed by atoms with E-state index in [1.807, 2.05) is 0 Å². The van der Waals surface area contributed by atoms with E-state index in [0.717, 1.165) is 13.1 Å². The lowest BCUT2D eigenvalue weighted by atomic mass is 10.2. The average molecular weight is 347 g/mol. The first-order valence-electron chi connectivity index (χ1n) is 7.15. The molecule has 1 N–H and O–H groups in total. The van der Waals surface area contributed by atoms with Crippen molar-refractivity contribution < 1.29 is 14.6 Å². The van der Waals surface area contributed by atoms with Gasteiger partial charge in [-0.1, -0.05) is 23.2 Å². The van der Waals surface area contributed by atoms with E-state index < -0.39 is 6.10 Å². The zero-order valence-corrected chi connectivity index (χ0v) is 14.0. The lowest BCUT2D eigenvalue weighted by Crippen LogP contribution is -2.45. The van der Waals surface area contributed by atoms with Crippen LogP contribution < -0.4 is 0 Å². The number of amides is 1. The standard InChI is InChI=1S/C15H20Cl2N2O3/c1-18(9-14(20)10-19-2-4-22-5-3-19)15(21)11-6-12(16)8-13(17)7-11/h6-8,14,20H,2-5,9-10H2,1H3. The number of nitrogens with zero attached hydrogens (tertiary/aromatic N) is 2.